The summed E-state index contributed by atoms with van der Waals surface area (Å²) in [6.07, 6.45) is 2.87. The van der Waals surface area contributed by atoms with Crippen LogP contribution in [0.4, 0.5) is 0 Å². The third-order valence-corrected chi connectivity index (χ3v) is 2.36. The fraction of sp³-hybridized carbons (Fsp3) is 0.583. The molecule has 96 valence electrons. The van der Waals surface area contributed by atoms with E-state index in [1.807, 2.05) is 0 Å². The summed E-state index contributed by atoms with van der Waals surface area (Å²) in [7, 11) is 1.32. The molecule has 0 atom stereocenters. The van der Waals surface area contributed by atoms with Crippen LogP contribution in [0.2, 0.25) is 0 Å². The Kier molecular flexibility index (Phi) is 6.35. The molecule has 2 N–H and O–H groups in total. The highest BCUT2D eigenvalue weighted by Gasteiger charge is 2.10. The van der Waals surface area contributed by atoms with Crippen molar-refractivity contribution in [1.29, 1.82) is 0 Å². The molecule has 0 bridgehead atoms. The van der Waals surface area contributed by atoms with E-state index in [4.69, 9.17) is 9.52 Å². The first-order valence-corrected chi connectivity index (χ1v) is 5.76. The summed E-state index contributed by atoms with van der Waals surface area (Å²) in [5, 5.41) is 11.8. The zero-order valence-corrected chi connectivity index (χ0v) is 10.1. The highest BCUT2D eigenvalue weighted by atomic mass is 16.5. The van der Waals surface area contributed by atoms with Gasteiger partial charge in [0.05, 0.1) is 13.7 Å². The fourth-order valence-corrected chi connectivity index (χ4v) is 1.43. The molecule has 0 unspecified atom stereocenters. The van der Waals surface area contributed by atoms with E-state index in [9.17, 15) is 4.79 Å². The van der Waals surface area contributed by atoms with Crippen LogP contribution >= 0.6 is 0 Å². The zero-order valence-electron chi connectivity index (χ0n) is 10.1. The quantitative estimate of drug-likeness (QED) is 0.530. The number of rotatable bonds is 8. The van der Waals surface area contributed by atoms with Crippen LogP contribution in [-0.4, -0.2) is 31.3 Å². The van der Waals surface area contributed by atoms with Crippen molar-refractivity contribution in [3.05, 3.63) is 23.7 Å². The molecule has 1 aromatic heterocycles. The monoisotopic (exact) mass is 241 g/mol. The molecule has 0 saturated heterocycles. The SMILES string of the molecule is COC(=O)c1ccc(CNCCCCCO)o1. The normalized spacial score (nSPS) is 10.5. The van der Waals surface area contributed by atoms with Crippen LogP contribution in [0.15, 0.2) is 16.5 Å². The minimum absolute atomic E-state index is 0.226. The number of hydrogen-bond acceptors (Lipinski definition) is 5. The van der Waals surface area contributed by atoms with E-state index < -0.39 is 5.97 Å². The molecule has 0 amide bonds. The first-order valence-electron chi connectivity index (χ1n) is 5.76. The summed E-state index contributed by atoms with van der Waals surface area (Å²) in [6, 6.07) is 3.36. The van der Waals surface area contributed by atoms with Crippen LogP contribution in [0.5, 0.6) is 0 Å². The second-order valence-electron chi connectivity index (χ2n) is 3.72. The highest BCUT2D eigenvalue weighted by Crippen LogP contribution is 2.08. The molecule has 1 aromatic rings. The minimum atomic E-state index is -0.459. The lowest BCUT2D eigenvalue weighted by Gasteiger charge is -2.01. The largest absolute Gasteiger partial charge is 0.463 e. The van der Waals surface area contributed by atoms with E-state index in [-0.39, 0.29) is 12.4 Å². The lowest BCUT2D eigenvalue weighted by atomic mass is 10.2. The number of methoxy groups -OCH3 is 1. The first kappa shape index (κ1) is 13.7. The van der Waals surface area contributed by atoms with Gasteiger partial charge in [0, 0.05) is 6.61 Å². The molecule has 0 radical (unpaired) electrons. The van der Waals surface area contributed by atoms with E-state index in [1.54, 1.807) is 12.1 Å². The maximum Gasteiger partial charge on any atom is 0.373 e. The molecule has 0 aromatic carbocycles. The number of carbonyl (C=O) groups excluding carboxylic acids is 1. The van der Waals surface area contributed by atoms with Crippen molar-refractivity contribution in [2.75, 3.05) is 20.3 Å². The summed E-state index contributed by atoms with van der Waals surface area (Å²) < 4.78 is 9.83. The number of aliphatic hydroxyl groups is 1. The summed E-state index contributed by atoms with van der Waals surface area (Å²) in [6.45, 7) is 1.71. The number of nitrogens with one attached hydrogen (secondary N) is 1. The molecular formula is C12H19NO4. The van der Waals surface area contributed by atoms with Crippen LogP contribution in [0.25, 0.3) is 0 Å². The summed E-state index contributed by atoms with van der Waals surface area (Å²) in [5.41, 5.74) is 0. The average Bonchev–Trinajstić information content (AvgIpc) is 2.81. The Balaban J connectivity index is 2.19. The molecular weight excluding hydrogens is 222 g/mol. The Morgan fingerprint density at radius 1 is 1.41 bits per heavy atom. The minimum Gasteiger partial charge on any atom is -0.463 e. The van der Waals surface area contributed by atoms with Gasteiger partial charge in [0.25, 0.3) is 0 Å². The van der Waals surface area contributed by atoms with Crippen molar-refractivity contribution in [2.45, 2.75) is 25.8 Å². The molecule has 0 spiro atoms. The summed E-state index contributed by atoms with van der Waals surface area (Å²) in [5.74, 6) is 0.483. The lowest BCUT2D eigenvalue weighted by Crippen LogP contribution is -2.14. The highest BCUT2D eigenvalue weighted by molar-refractivity contribution is 5.86. The summed E-state index contributed by atoms with van der Waals surface area (Å²) in [4.78, 5) is 11.1. The fourth-order valence-electron chi connectivity index (χ4n) is 1.43. The maximum atomic E-state index is 11.1. The van der Waals surface area contributed by atoms with E-state index in [0.29, 0.717) is 12.3 Å². The molecule has 0 saturated carbocycles. The van der Waals surface area contributed by atoms with Gasteiger partial charge in [0.15, 0.2) is 0 Å². The number of esters is 1. The van der Waals surface area contributed by atoms with Crippen molar-refractivity contribution in [3.63, 3.8) is 0 Å². The molecule has 5 nitrogen and oxygen atoms in total. The molecule has 17 heavy (non-hydrogen) atoms. The Morgan fingerprint density at radius 3 is 2.94 bits per heavy atom. The second kappa shape index (κ2) is 7.86. The van der Waals surface area contributed by atoms with Gasteiger partial charge < -0.3 is 19.6 Å². The van der Waals surface area contributed by atoms with Crippen molar-refractivity contribution in [1.82, 2.24) is 5.32 Å². The number of unbranched alkanes of at least 4 members (excludes halogenated alkanes) is 2. The first-order chi connectivity index (χ1) is 8.27. The predicted molar refractivity (Wildman–Crippen MR) is 62.7 cm³/mol. The number of aliphatic hydroxyl groups excluding tert-OH is 1. The third-order valence-electron chi connectivity index (χ3n) is 2.36. The van der Waals surface area contributed by atoms with Gasteiger partial charge in [-0.05, 0) is 37.9 Å². The molecule has 0 aliphatic rings. The van der Waals surface area contributed by atoms with Gasteiger partial charge in [0.1, 0.15) is 5.76 Å². The van der Waals surface area contributed by atoms with Crippen molar-refractivity contribution in [3.8, 4) is 0 Å². The number of carbonyl (C=O) groups is 1. The Hall–Kier alpha value is -1.33. The van der Waals surface area contributed by atoms with Crippen LogP contribution in [0, 0.1) is 0 Å². The Bertz CT molecular complexity index is 335. The topological polar surface area (TPSA) is 71.7 Å². The smallest absolute Gasteiger partial charge is 0.373 e. The lowest BCUT2D eigenvalue weighted by molar-refractivity contribution is 0.0563. The van der Waals surface area contributed by atoms with Gasteiger partial charge in [-0.3, -0.25) is 0 Å². The third kappa shape index (κ3) is 5.01. The maximum absolute atomic E-state index is 11.1. The van der Waals surface area contributed by atoms with Gasteiger partial charge in [-0.1, -0.05) is 0 Å². The molecule has 1 heterocycles. The van der Waals surface area contributed by atoms with Gasteiger partial charge in [-0.15, -0.1) is 0 Å². The zero-order chi connectivity index (χ0) is 12.5. The molecule has 0 aliphatic carbocycles. The number of furan rings is 1. The standard InChI is InChI=1S/C12H19NO4/c1-16-12(15)11-6-5-10(17-11)9-13-7-3-2-4-8-14/h5-6,13-14H,2-4,7-9H2,1H3. The van der Waals surface area contributed by atoms with Crippen LogP contribution < -0.4 is 5.32 Å². The van der Waals surface area contributed by atoms with Crippen molar-refractivity contribution < 1.29 is 19.1 Å². The number of hydrogen-bond donors (Lipinski definition) is 2. The van der Waals surface area contributed by atoms with Gasteiger partial charge >= 0.3 is 5.97 Å². The summed E-state index contributed by atoms with van der Waals surface area (Å²) >= 11 is 0. The van der Waals surface area contributed by atoms with Crippen LogP contribution in [0.3, 0.4) is 0 Å². The molecule has 5 heteroatoms. The van der Waals surface area contributed by atoms with E-state index in [2.05, 4.69) is 10.1 Å². The number of ether oxygens (including phenoxy) is 1. The Labute approximate surface area is 101 Å². The second-order valence-corrected chi connectivity index (χ2v) is 3.72. The van der Waals surface area contributed by atoms with E-state index in [1.165, 1.54) is 7.11 Å². The molecule has 0 fully saturated rings. The molecule has 1 rings (SSSR count). The molecule has 0 aliphatic heterocycles. The van der Waals surface area contributed by atoms with Crippen LogP contribution in [-0.2, 0) is 11.3 Å². The predicted octanol–water partition coefficient (Wildman–Crippen LogP) is 1.32. The van der Waals surface area contributed by atoms with Crippen molar-refractivity contribution >= 4 is 5.97 Å². The average molecular weight is 241 g/mol. The van der Waals surface area contributed by atoms with Gasteiger partial charge in [0.2, 0.25) is 5.76 Å². The van der Waals surface area contributed by atoms with Gasteiger partial charge in [-0.25, -0.2) is 4.79 Å². The Morgan fingerprint density at radius 2 is 2.24 bits per heavy atom. The van der Waals surface area contributed by atoms with Crippen LogP contribution in [0.1, 0.15) is 35.6 Å². The van der Waals surface area contributed by atoms with Crippen molar-refractivity contribution in [2.24, 2.45) is 0 Å². The van der Waals surface area contributed by atoms with E-state index in [0.717, 1.165) is 25.8 Å². The van der Waals surface area contributed by atoms with E-state index >= 15 is 0 Å². The van der Waals surface area contributed by atoms with Gasteiger partial charge in [-0.2, -0.15) is 0 Å².